The molecule has 1 heterocycles. The first kappa shape index (κ1) is 17.7. The van der Waals surface area contributed by atoms with Crippen LogP contribution in [0.1, 0.15) is 28.4 Å². The second-order valence-electron chi connectivity index (χ2n) is 6.39. The van der Waals surface area contributed by atoms with Gasteiger partial charge in [0.05, 0.1) is 6.04 Å². The fraction of sp³-hybridized carbons (Fsp3) is 0.238. The monoisotopic (exact) mass is 351 g/mol. The zero-order valence-electron chi connectivity index (χ0n) is 15.0. The summed E-state index contributed by atoms with van der Waals surface area (Å²) in [7, 11) is 0. The van der Waals surface area contributed by atoms with Gasteiger partial charge in [-0.1, -0.05) is 36.4 Å². The maximum absolute atomic E-state index is 12.4. The third-order valence-electron chi connectivity index (χ3n) is 4.15. The number of hydrogen-bond donors (Lipinski definition) is 1. The van der Waals surface area contributed by atoms with Crippen molar-refractivity contribution >= 4 is 16.9 Å². The molecule has 0 unspecified atom stereocenters. The number of carbonyl (C=O) groups is 1. The van der Waals surface area contributed by atoms with E-state index in [0.29, 0.717) is 17.6 Å². The predicted molar refractivity (Wildman–Crippen MR) is 101 cm³/mol. The summed E-state index contributed by atoms with van der Waals surface area (Å²) in [6, 6.07) is 14.3. The Morgan fingerprint density at radius 2 is 1.81 bits per heavy atom. The molecule has 2 aromatic carbocycles. The summed E-state index contributed by atoms with van der Waals surface area (Å²) in [4.78, 5) is 24.5. The number of nitrogens with one attached hydrogen (secondary N) is 1. The zero-order chi connectivity index (χ0) is 18.7. The summed E-state index contributed by atoms with van der Waals surface area (Å²) in [5.74, 6) is 0.348. The number of rotatable bonds is 5. The molecule has 1 N–H and O–H groups in total. The predicted octanol–water partition coefficient (Wildman–Crippen LogP) is 3.61. The Morgan fingerprint density at radius 3 is 2.54 bits per heavy atom. The van der Waals surface area contributed by atoms with Crippen molar-refractivity contribution in [1.82, 2.24) is 5.32 Å². The molecule has 1 atom stereocenters. The highest BCUT2D eigenvalue weighted by Crippen LogP contribution is 2.22. The van der Waals surface area contributed by atoms with Gasteiger partial charge in [0.15, 0.2) is 0 Å². The summed E-state index contributed by atoms with van der Waals surface area (Å²) >= 11 is 0. The Bertz CT molecular complexity index is 986. The molecule has 0 bridgehead atoms. The molecule has 1 aromatic heterocycles. The van der Waals surface area contributed by atoms with Crippen LogP contribution in [0.5, 0.6) is 5.75 Å². The van der Waals surface area contributed by atoms with Crippen LogP contribution >= 0.6 is 0 Å². The van der Waals surface area contributed by atoms with Crippen molar-refractivity contribution < 1.29 is 13.9 Å². The van der Waals surface area contributed by atoms with Crippen LogP contribution in [0.25, 0.3) is 11.0 Å². The summed E-state index contributed by atoms with van der Waals surface area (Å²) in [6.07, 6.45) is 0. The van der Waals surface area contributed by atoms with E-state index >= 15 is 0 Å². The number of ether oxygens (including phenoxy) is 1. The van der Waals surface area contributed by atoms with E-state index in [2.05, 4.69) is 5.32 Å². The normalized spacial score (nSPS) is 12.0. The van der Waals surface area contributed by atoms with E-state index in [1.807, 2.05) is 45.0 Å². The fourth-order valence-electron chi connectivity index (χ4n) is 2.80. The molecule has 0 spiro atoms. The first-order valence-electron chi connectivity index (χ1n) is 8.48. The van der Waals surface area contributed by atoms with E-state index < -0.39 is 11.5 Å². The largest absolute Gasteiger partial charge is 0.491 e. The van der Waals surface area contributed by atoms with E-state index in [4.69, 9.17) is 9.15 Å². The molecule has 0 saturated carbocycles. The lowest BCUT2D eigenvalue weighted by Gasteiger charge is -2.17. The second-order valence-corrected chi connectivity index (χ2v) is 6.39. The molecule has 0 aliphatic carbocycles. The maximum Gasteiger partial charge on any atom is 0.349 e. The molecular formula is C21H21NO4. The topological polar surface area (TPSA) is 68.5 Å². The highest BCUT2D eigenvalue weighted by molar-refractivity contribution is 5.96. The van der Waals surface area contributed by atoms with Gasteiger partial charge >= 0.3 is 5.63 Å². The quantitative estimate of drug-likeness (QED) is 0.713. The van der Waals surface area contributed by atoms with Crippen LogP contribution in [0.15, 0.2) is 57.7 Å². The zero-order valence-corrected chi connectivity index (χ0v) is 15.0. The van der Waals surface area contributed by atoms with Gasteiger partial charge < -0.3 is 14.5 Å². The molecule has 0 radical (unpaired) electrons. The Labute approximate surface area is 151 Å². The summed E-state index contributed by atoms with van der Waals surface area (Å²) in [5, 5.41) is 3.49. The lowest BCUT2D eigenvalue weighted by atomic mass is 10.1. The SMILES string of the molecule is Cc1cccc(C)c1OC[C@H](C)NC(=O)c1cc2ccccc2oc1=O. The van der Waals surface area contributed by atoms with Crippen LogP contribution < -0.4 is 15.7 Å². The molecule has 134 valence electrons. The number of carbonyl (C=O) groups excluding carboxylic acids is 1. The van der Waals surface area contributed by atoms with E-state index in [0.717, 1.165) is 16.9 Å². The van der Waals surface area contributed by atoms with Crippen molar-refractivity contribution in [1.29, 1.82) is 0 Å². The lowest BCUT2D eigenvalue weighted by molar-refractivity contribution is 0.0923. The van der Waals surface area contributed by atoms with Crippen molar-refractivity contribution in [3.05, 3.63) is 75.6 Å². The first-order chi connectivity index (χ1) is 12.5. The van der Waals surface area contributed by atoms with Crippen LogP contribution in [0.4, 0.5) is 0 Å². The Morgan fingerprint density at radius 1 is 1.12 bits per heavy atom. The first-order valence-corrected chi connectivity index (χ1v) is 8.48. The van der Waals surface area contributed by atoms with Gasteiger partial charge in [-0.3, -0.25) is 4.79 Å². The highest BCUT2D eigenvalue weighted by Gasteiger charge is 2.16. The molecule has 5 heteroatoms. The highest BCUT2D eigenvalue weighted by atomic mass is 16.5. The Balaban J connectivity index is 1.70. The van der Waals surface area contributed by atoms with Crippen LogP contribution in [0.3, 0.4) is 0 Å². The number of aryl methyl sites for hydroxylation is 2. The van der Waals surface area contributed by atoms with Gasteiger partial charge in [-0.2, -0.15) is 0 Å². The molecule has 0 aliphatic rings. The minimum Gasteiger partial charge on any atom is -0.491 e. The minimum atomic E-state index is -0.649. The van der Waals surface area contributed by atoms with Gasteiger partial charge in [0.1, 0.15) is 23.5 Å². The Kier molecular flexibility index (Phi) is 5.07. The van der Waals surface area contributed by atoms with Gasteiger partial charge in [0, 0.05) is 5.39 Å². The third-order valence-corrected chi connectivity index (χ3v) is 4.15. The number of para-hydroxylation sites is 2. The van der Waals surface area contributed by atoms with Crippen molar-refractivity contribution in [2.45, 2.75) is 26.8 Å². The van der Waals surface area contributed by atoms with Crippen molar-refractivity contribution in [3.8, 4) is 5.75 Å². The van der Waals surface area contributed by atoms with Crippen molar-refractivity contribution in [2.24, 2.45) is 0 Å². The average molecular weight is 351 g/mol. The van der Waals surface area contributed by atoms with Gasteiger partial charge in [0.2, 0.25) is 0 Å². The molecular weight excluding hydrogens is 330 g/mol. The summed E-state index contributed by atoms with van der Waals surface area (Å²) in [6.45, 7) is 6.09. The van der Waals surface area contributed by atoms with Gasteiger partial charge in [-0.05, 0) is 44.0 Å². The summed E-state index contributed by atoms with van der Waals surface area (Å²) < 4.78 is 11.1. The van der Waals surface area contributed by atoms with Crippen molar-refractivity contribution in [2.75, 3.05) is 6.61 Å². The number of hydrogen-bond acceptors (Lipinski definition) is 4. The molecule has 3 rings (SSSR count). The smallest absolute Gasteiger partial charge is 0.349 e. The second kappa shape index (κ2) is 7.44. The molecule has 5 nitrogen and oxygen atoms in total. The van der Waals surface area contributed by atoms with Crippen LogP contribution in [-0.2, 0) is 0 Å². The van der Waals surface area contributed by atoms with Gasteiger partial charge in [-0.15, -0.1) is 0 Å². The number of benzene rings is 2. The van der Waals surface area contributed by atoms with Crippen LogP contribution in [0.2, 0.25) is 0 Å². The van der Waals surface area contributed by atoms with Gasteiger partial charge in [-0.25, -0.2) is 4.79 Å². The molecule has 0 fully saturated rings. The number of amides is 1. The van der Waals surface area contributed by atoms with E-state index in [9.17, 15) is 9.59 Å². The molecule has 0 aliphatic heterocycles. The van der Waals surface area contributed by atoms with E-state index in [1.165, 1.54) is 0 Å². The maximum atomic E-state index is 12.4. The standard InChI is InChI=1S/C21H21NO4/c1-13-7-6-8-14(2)19(13)25-12-15(3)22-20(23)17-11-16-9-4-5-10-18(16)26-21(17)24/h4-11,15H,12H2,1-3H3,(H,22,23)/t15-/m0/s1. The summed E-state index contributed by atoms with van der Waals surface area (Å²) in [5.41, 5.74) is 1.88. The van der Waals surface area contributed by atoms with Crippen LogP contribution in [0, 0.1) is 13.8 Å². The molecule has 1 amide bonds. The lowest BCUT2D eigenvalue weighted by Crippen LogP contribution is -2.38. The average Bonchev–Trinajstić information content (AvgIpc) is 2.60. The van der Waals surface area contributed by atoms with Gasteiger partial charge in [0.25, 0.3) is 5.91 Å². The number of fused-ring (bicyclic) bond motifs is 1. The van der Waals surface area contributed by atoms with Crippen molar-refractivity contribution in [3.63, 3.8) is 0 Å². The fourth-order valence-corrected chi connectivity index (χ4v) is 2.80. The molecule has 3 aromatic rings. The minimum absolute atomic E-state index is 0.0115. The molecule has 26 heavy (non-hydrogen) atoms. The van der Waals surface area contributed by atoms with E-state index in [-0.39, 0.29) is 11.6 Å². The molecule has 0 saturated heterocycles. The third kappa shape index (κ3) is 3.77. The van der Waals surface area contributed by atoms with E-state index in [1.54, 1.807) is 24.3 Å². The Hall–Kier alpha value is -3.08. The van der Waals surface area contributed by atoms with Crippen LogP contribution in [-0.4, -0.2) is 18.6 Å².